The van der Waals surface area contributed by atoms with Gasteiger partial charge >= 0.3 is 0 Å². The Bertz CT molecular complexity index is 866. The first-order valence-electron chi connectivity index (χ1n) is 7.52. The molecule has 0 fully saturated rings. The first kappa shape index (κ1) is 17.0. The molecular weight excluding hydrogens is 335 g/mol. The Morgan fingerprint density at radius 1 is 1.38 bits per heavy atom. The minimum atomic E-state index is -3.81. The number of nitrogens with zero attached hydrogens (tertiary/aromatic N) is 4. The molecule has 0 radical (unpaired) electrons. The maximum absolute atomic E-state index is 13.5. The van der Waals surface area contributed by atoms with Crippen LogP contribution in [0, 0.1) is 12.7 Å². The van der Waals surface area contributed by atoms with Crippen LogP contribution in [0.15, 0.2) is 23.1 Å². The largest absolute Gasteiger partial charge is 0.377 e. The third-order valence-corrected chi connectivity index (χ3v) is 6.06. The number of sulfonamides is 1. The van der Waals surface area contributed by atoms with Gasteiger partial charge in [-0.15, -0.1) is 10.2 Å². The summed E-state index contributed by atoms with van der Waals surface area (Å²) < 4.78 is 47.7. The average molecular weight is 354 g/mol. The standard InChI is InChI=1S/C15H19FN4O3S/c1-10-4-5-12(16)6-13(10)24(21,22)19-7-11(2)20-14(8-19)17-18-15(20)9-23-3/h4-6,11H,7-9H2,1-3H3/t11-/m0/s1. The molecular formula is C15H19FN4O3S. The summed E-state index contributed by atoms with van der Waals surface area (Å²) in [5, 5.41) is 8.14. The van der Waals surface area contributed by atoms with Crippen molar-refractivity contribution >= 4 is 10.0 Å². The Morgan fingerprint density at radius 2 is 2.12 bits per heavy atom. The number of hydrogen-bond donors (Lipinski definition) is 0. The number of hydrogen-bond acceptors (Lipinski definition) is 5. The van der Waals surface area contributed by atoms with E-state index in [0.717, 1.165) is 6.07 Å². The number of aryl methyl sites for hydroxylation is 1. The first-order chi connectivity index (χ1) is 11.3. The number of benzene rings is 1. The number of halogens is 1. The molecule has 0 saturated carbocycles. The molecule has 0 spiro atoms. The average Bonchev–Trinajstić information content (AvgIpc) is 2.93. The summed E-state index contributed by atoms with van der Waals surface area (Å²) in [6.07, 6.45) is 0. The normalized spacial score (nSPS) is 18.6. The van der Waals surface area contributed by atoms with Gasteiger partial charge in [-0.2, -0.15) is 4.31 Å². The zero-order valence-corrected chi connectivity index (χ0v) is 14.5. The second-order valence-electron chi connectivity index (χ2n) is 5.89. The highest BCUT2D eigenvalue weighted by Gasteiger charge is 2.34. The van der Waals surface area contributed by atoms with Crippen LogP contribution in [-0.2, 0) is 27.9 Å². The zero-order chi connectivity index (χ0) is 17.5. The molecule has 1 aromatic carbocycles. The van der Waals surface area contributed by atoms with Crippen molar-refractivity contribution in [2.24, 2.45) is 0 Å². The molecule has 2 aromatic rings. The predicted molar refractivity (Wildman–Crippen MR) is 84.2 cm³/mol. The smallest absolute Gasteiger partial charge is 0.243 e. The van der Waals surface area contributed by atoms with E-state index in [-0.39, 0.29) is 24.0 Å². The van der Waals surface area contributed by atoms with Gasteiger partial charge in [-0.3, -0.25) is 0 Å². The molecule has 0 bridgehead atoms. The first-order valence-corrected chi connectivity index (χ1v) is 8.96. The third kappa shape index (κ3) is 2.83. The molecule has 24 heavy (non-hydrogen) atoms. The summed E-state index contributed by atoms with van der Waals surface area (Å²) in [5.74, 6) is 0.646. The number of ether oxygens (including phenoxy) is 1. The maximum atomic E-state index is 13.5. The van der Waals surface area contributed by atoms with E-state index in [1.165, 1.54) is 16.4 Å². The molecule has 0 saturated heterocycles. The van der Waals surface area contributed by atoms with Crippen LogP contribution < -0.4 is 0 Å². The van der Waals surface area contributed by atoms with Crippen molar-refractivity contribution in [2.75, 3.05) is 13.7 Å². The summed E-state index contributed by atoms with van der Waals surface area (Å²) in [7, 11) is -2.24. The van der Waals surface area contributed by atoms with Gasteiger partial charge in [-0.1, -0.05) is 6.07 Å². The fraction of sp³-hybridized carbons (Fsp3) is 0.467. The number of aromatic nitrogens is 3. The summed E-state index contributed by atoms with van der Waals surface area (Å²) in [6, 6.07) is 3.64. The molecule has 0 amide bonds. The molecule has 9 heteroatoms. The van der Waals surface area contributed by atoms with Crippen LogP contribution in [0.4, 0.5) is 4.39 Å². The van der Waals surface area contributed by atoms with Gasteiger partial charge in [0.05, 0.1) is 11.4 Å². The molecule has 7 nitrogen and oxygen atoms in total. The molecule has 2 heterocycles. The van der Waals surface area contributed by atoms with Crippen molar-refractivity contribution in [2.45, 2.75) is 37.9 Å². The van der Waals surface area contributed by atoms with E-state index < -0.39 is 15.8 Å². The van der Waals surface area contributed by atoms with E-state index in [2.05, 4.69) is 10.2 Å². The molecule has 3 rings (SSSR count). The Morgan fingerprint density at radius 3 is 2.83 bits per heavy atom. The van der Waals surface area contributed by atoms with Crippen LogP contribution in [0.5, 0.6) is 0 Å². The highest BCUT2D eigenvalue weighted by atomic mass is 32.2. The Hall–Kier alpha value is -1.84. The quantitative estimate of drug-likeness (QED) is 0.834. The van der Waals surface area contributed by atoms with Gasteiger partial charge in [0.25, 0.3) is 0 Å². The molecule has 0 unspecified atom stereocenters. The van der Waals surface area contributed by atoms with E-state index in [4.69, 9.17) is 4.74 Å². The van der Waals surface area contributed by atoms with E-state index in [1.54, 1.807) is 14.0 Å². The molecule has 1 aromatic heterocycles. The lowest BCUT2D eigenvalue weighted by molar-refractivity contribution is 0.168. The molecule has 0 N–H and O–H groups in total. The molecule has 1 aliphatic rings. The van der Waals surface area contributed by atoms with Gasteiger partial charge in [0.1, 0.15) is 18.2 Å². The van der Waals surface area contributed by atoms with Crippen molar-refractivity contribution in [3.63, 3.8) is 0 Å². The summed E-state index contributed by atoms with van der Waals surface area (Å²) in [6.45, 7) is 4.22. The van der Waals surface area contributed by atoms with Crippen LogP contribution in [0.3, 0.4) is 0 Å². The van der Waals surface area contributed by atoms with E-state index in [9.17, 15) is 12.8 Å². The second kappa shape index (κ2) is 6.23. The highest BCUT2D eigenvalue weighted by Crippen LogP contribution is 2.28. The monoisotopic (exact) mass is 354 g/mol. The van der Waals surface area contributed by atoms with Gasteiger partial charge in [-0.25, -0.2) is 12.8 Å². The fourth-order valence-corrected chi connectivity index (χ4v) is 4.69. The maximum Gasteiger partial charge on any atom is 0.243 e. The van der Waals surface area contributed by atoms with Crippen molar-refractivity contribution in [3.05, 3.63) is 41.2 Å². The van der Waals surface area contributed by atoms with E-state index in [0.29, 0.717) is 23.8 Å². The SMILES string of the molecule is COCc1nnc2n1[C@@H](C)CN(S(=O)(=O)c1cc(F)ccc1C)C2. The van der Waals surface area contributed by atoms with E-state index >= 15 is 0 Å². The minimum Gasteiger partial charge on any atom is -0.377 e. The molecule has 130 valence electrons. The molecule has 1 atom stereocenters. The van der Waals surface area contributed by atoms with Gasteiger partial charge in [0.2, 0.25) is 10.0 Å². The lowest BCUT2D eigenvalue weighted by atomic mass is 10.2. The lowest BCUT2D eigenvalue weighted by Crippen LogP contribution is -2.41. The topological polar surface area (TPSA) is 77.3 Å². The van der Waals surface area contributed by atoms with E-state index in [1.807, 2.05) is 11.5 Å². The Kier molecular flexibility index (Phi) is 4.41. The Balaban J connectivity index is 1.97. The predicted octanol–water partition coefficient (Wildman–Crippen LogP) is 1.64. The third-order valence-electron chi connectivity index (χ3n) is 4.10. The number of rotatable bonds is 4. The second-order valence-corrected chi connectivity index (χ2v) is 7.80. The molecule has 0 aliphatic carbocycles. The lowest BCUT2D eigenvalue weighted by Gasteiger charge is -2.32. The highest BCUT2D eigenvalue weighted by molar-refractivity contribution is 7.89. The van der Waals surface area contributed by atoms with Crippen molar-refractivity contribution in [1.82, 2.24) is 19.1 Å². The number of fused-ring (bicyclic) bond motifs is 1. The van der Waals surface area contributed by atoms with Crippen LogP contribution in [-0.4, -0.2) is 41.1 Å². The van der Waals surface area contributed by atoms with Crippen molar-refractivity contribution in [3.8, 4) is 0 Å². The summed E-state index contributed by atoms with van der Waals surface area (Å²) in [5.41, 5.74) is 0.510. The van der Waals surface area contributed by atoms with Crippen LogP contribution in [0.2, 0.25) is 0 Å². The zero-order valence-electron chi connectivity index (χ0n) is 13.7. The minimum absolute atomic E-state index is 0.0141. The summed E-state index contributed by atoms with van der Waals surface area (Å²) in [4.78, 5) is -0.0141. The van der Waals surface area contributed by atoms with Crippen LogP contribution in [0.1, 0.15) is 30.2 Å². The van der Waals surface area contributed by atoms with Crippen molar-refractivity contribution < 1.29 is 17.5 Å². The van der Waals surface area contributed by atoms with Gasteiger partial charge in [-0.05, 0) is 31.5 Å². The van der Waals surface area contributed by atoms with Crippen molar-refractivity contribution in [1.29, 1.82) is 0 Å². The van der Waals surface area contributed by atoms with Crippen LogP contribution >= 0.6 is 0 Å². The van der Waals surface area contributed by atoms with Gasteiger partial charge < -0.3 is 9.30 Å². The van der Waals surface area contributed by atoms with Gasteiger partial charge in [0, 0.05) is 19.7 Å². The Labute approximate surface area is 140 Å². The van der Waals surface area contributed by atoms with Gasteiger partial charge in [0.15, 0.2) is 5.82 Å². The number of methoxy groups -OCH3 is 1. The van der Waals surface area contributed by atoms with Crippen LogP contribution in [0.25, 0.3) is 0 Å². The fourth-order valence-electron chi connectivity index (χ4n) is 2.98. The molecule has 1 aliphatic heterocycles. The summed E-state index contributed by atoms with van der Waals surface area (Å²) >= 11 is 0.